The van der Waals surface area contributed by atoms with Crippen LogP contribution >= 0.6 is 11.6 Å². The molecule has 0 spiro atoms. The molecule has 0 saturated carbocycles. The summed E-state index contributed by atoms with van der Waals surface area (Å²) in [7, 11) is 0. The monoisotopic (exact) mass is 361 g/mol. The Hall–Kier alpha value is -2.11. The number of hydrogen-bond acceptors (Lipinski definition) is 2. The number of carbonyl (C=O) groups is 1. The number of nitrogens with zero attached hydrogens (tertiary/aromatic N) is 1. The summed E-state index contributed by atoms with van der Waals surface area (Å²) in [5, 5.41) is 5.81. The third kappa shape index (κ3) is 4.94. The first-order valence-corrected chi connectivity index (χ1v) is 8.79. The lowest BCUT2D eigenvalue weighted by molar-refractivity contribution is 0.240. The SMILES string of the molecule is O=C(Nc1ccc(Cl)cc1F)NC(CN1CCCC1)c1ccccc1. The maximum atomic E-state index is 13.9. The van der Waals surface area contributed by atoms with Gasteiger partial charge < -0.3 is 15.5 Å². The number of rotatable bonds is 5. The number of amides is 2. The number of urea groups is 1. The molecule has 1 saturated heterocycles. The molecule has 1 unspecified atom stereocenters. The Balaban J connectivity index is 1.69. The zero-order chi connectivity index (χ0) is 17.6. The van der Waals surface area contributed by atoms with Crippen molar-refractivity contribution in [1.29, 1.82) is 0 Å². The van der Waals surface area contributed by atoms with Crippen LogP contribution in [-0.2, 0) is 0 Å². The summed E-state index contributed by atoms with van der Waals surface area (Å²) in [5.74, 6) is -0.557. The van der Waals surface area contributed by atoms with Gasteiger partial charge in [0.15, 0.2) is 0 Å². The highest BCUT2D eigenvalue weighted by Crippen LogP contribution is 2.20. The first-order chi connectivity index (χ1) is 12.1. The second-order valence-electron chi connectivity index (χ2n) is 6.19. The lowest BCUT2D eigenvalue weighted by Gasteiger charge is -2.25. The molecule has 0 radical (unpaired) electrons. The fourth-order valence-corrected chi connectivity index (χ4v) is 3.21. The van der Waals surface area contributed by atoms with Crippen LogP contribution in [0.1, 0.15) is 24.4 Å². The Morgan fingerprint density at radius 3 is 2.56 bits per heavy atom. The molecular weight excluding hydrogens is 341 g/mol. The molecule has 1 aliphatic rings. The highest BCUT2D eigenvalue weighted by atomic mass is 35.5. The molecule has 1 heterocycles. The molecule has 3 rings (SSSR count). The van der Waals surface area contributed by atoms with Crippen LogP contribution in [0.5, 0.6) is 0 Å². The number of halogens is 2. The van der Waals surface area contributed by atoms with Crippen molar-refractivity contribution in [2.45, 2.75) is 18.9 Å². The summed E-state index contributed by atoms with van der Waals surface area (Å²) in [4.78, 5) is 14.7. The van der Waals surface area contributed by atoms with Crippen molar-refractivity contribution in [3.63, 3.8) is 0 Å². The maximum Gasteiger partial charge on any atom is 0.319 e. The number of carbonyl (C=O) groups excluding carboxylic acids is 1. The van der Waals surface area contributed by atoms with Crippen LogP contribution in [0.3, 0.4) is 0 Å². The van der Waals surface area contributed by atoms with Gasteiger partial charge in [-0.1, -0.05) is 41.9 Å². The fourth-order valence-electron chi connectivity index (χ4n) is 3.05. The maximum absolute atomic E-state index is 13.9. The van der Waals surface area contributed by atoms with Gasteiger partial charge in [0.2, 0.25) is 0 Å². The van der Waals surface area contributed by atoms with Gasteiger partial charge in [-0.2, -0.15) is 0 Å². The molecule has 0 aromatic heterocycles. The molecule has 2 amide bonds. The Labute approximate surface area is 152 Å². The minimum Gasteiger partial charge on any atom is -0.330 e. The van der Waals surface area contributed by atoms with Crippen LogP contribution in [0.25, 0.3) is 0 Å². The molecule has 1 fully saturated rings. The van der Waals surface area contributed by atoms with Gasteiger partial charge in [-0.3, -0.25) is 0 Å². The average Bonchev–Trinajstić information content (AvgIpc) is 3.11. The van der Waals surface area contributed by atoms with E-state index in [-0.39, 0.29) is 11.7 Å². The summed E-state index contributed by atoms with van der Waals surface area (Å²) < 4.78 is 13.9. The topological polar surface area (TPSA) is 44.4 Å². The fraction of sp³-hybridized carbons (Fsp3) is 0.316. The minimum atomic E-state index is -0.557. The highest BCUT2D eigenvalue weighted by molar-refractivity contribution is 6.30. The Morgan fingerprint density at radius 1 is 1.16 bits per heavy atom. The Morgan fingerprint density at radius 2 is 1.88 bits per heavy atom. The smallest absolute Gasteiger partial charge is 0.319 e. The predicted octanol–water partition coefficient (Wildman–Crippen LogP) is 4.44. The van der Waals surface area contributed by atoms with Gasteiger partial charge in [-0.05, 0) is 49.7 Å². The van der Waals surface area contributed by atoms with E-state index in [4.69, 9.17) is 11.6 Å². The predicted molar refractivity (Wildman–Crippen MR) is 98.4 cm³/mol. The largest absolute Gasteiger partial charge is 0.330 e. The van der Waals surface area contributed by atoms with Crippen molar-refractivity contribution in [3.8, 4) is 0 Å². The molecule has 1 atom stereocenters. The summed E-state index contributed by atoms with van der Waals surface area (Å²) in [6, 6.07) is 13.4. The summed E-state index contributed by atoms with van der Waals surface area (Å²) in [5.41, 5.74) is 1.14. The molecule has 1 aliphatic heterocycles. The van der Waals surface area contributed by atoms with E-state index < -0.39 is 11.8 Å². The van der Waals surface area contributed by atoms with Crippen LogP contribution < -0.4 is 10.6 Å². The van der Waals surface area contributed by atoms with Gasteiger partial charge in [-0.25, -0.2) is 9.18 Å². The second-order valence-corrected chi connectivity index (χ2v) is 6.63. The lowest BCUT2D eigenvalue weighted by atomic mass is 10.1. The van der Waals surface area contributed by atoms with Crippen LogP contribution in [0.4, 0.5) is 14.9 Å². The number of benzene rings is 2. The van der Waals surface area contributed by atoms with Crippen LogP contribution in [0.2, 0.25) is 5.02 Å². The van der Waals surface area contributed by atoms with E-state index in [2.05, 4.69) is 15.5 Å². The van der Waals surface area contributed by atoms with Gasteiger partial charge in [0.05, 0.1) is 11.7 Å². The van der Waals surface area contributed by atoms with Crippen molar-refractivity contribution in [3.05, 3.63) is 64.9 Å². The third-order valence-electron chi connectivity index (χ3n) is 4.33. The van der Waals surface area contributed by atoms with Gasteiger partial charge in [-0.15, -0.1) is 0 Å². The van der Waals surface area contributed by atoms with E-state index >= 15 is 0 Å². The van der Waals surface area contributed by atoms with Gasteiger partial charge in [0, 0.05) is 11.6 Å². The Kier molecular flexibility index (Phi) is 5.89. The molecule has 0 aliphatic carbocycles. The van der Waals surface area contributed by atoms with Gasteiger partial charge >= 0.3 is 6.03 Å². The lowest BCUT2D eigenvalue weighted by Crippen LogP contribution is -2.39. The van der Waals surface area contributed by atoms with Gasteiger partial charge in [0.1, 0.15) is 5.82 Å². The van der Waals surface area contributed by atoms with Crippen LogP contribution in [-0.4, -0.2) is 30.6 Å². The molecule has 0 bridgehead atoms. The second kappa shape index (κ2) is 8.32. The first kappa shape index (κ1) is 17.7. The minimum absolute atomic E-state index is 0.106. The molecular formula is C19H21ClFN3O. The number of anilines is 1. The van der Waals surface area contributed by atoms with Crippen molar-refractivity contribution in [1.82, 2.24) is 10.2 Å². The average molecular weight is 362 g/mol. The quantitative estimate of drug-likeness (QED) is 0.827. The molecule has 2 aromatic carbocycles. The molecule has 25 heavy (non-hydrogen) atoms. The highest BCUT2D eigenvalue weighted by Gasteiger charge is 2.21. The Bertz CT molecular complexity index is 720. The van der Waals surface area contributed by atoms with Gasteiger partial charge in [0.25, 0.3) is 0 Å². The summed E-state index contributed by atoms with van der Waals surface area (Å²) in [6.45, 7) is 2.82. The van der Waals surface area contributed by atoms with E-state index in [1.54, 1.807) is 6.07 Å². The number of nitrogens with one attached hydrogen (secondary N) is 2. The number of likely N-dealkylation sites (tertiary alicyclic amines) is 1. The van der Waals surface area contributed by atoms with E-state index in [0.717, 1.165) is 25.2 Å². The van der Waals surface area contributed by atoms with E-state index in [0.29, 0.717) is 5.02 Å². The zero-order valence-corrected chi connectivity index (χ0v) is 14.6. The molecule has 4 nitrogen and oxygen atoms in total. The summed E-state index contributed by atoms with van der Waals surface area (Å²) >= 11 is 5.74. The molecule has 132 valence electrons. The molecule has 6 heteroatoms. The van der Waals surface area contributed by atoms with Crippen molar-refractivity contribution < 1.29 is 9.18 Å². The zero-order valence-electron chi connectivity index (χ0n) is 13.8. The van der Waals surface area contributed by atoms with E-state index in [1.807, 2.05) is 30.3 Å². The van der Waals surface area contributed by atoms with Crippen LogP contribution in [0.15, 0.2) is 48.5 Å². The normalized spacial score (nSPS) is 15.8. The summed E-state index contributed by atoms with van der Waals surface area (Å²) in [6.07, 6.45) is 2.37. The van der Waals surface area contributed by atoms with E-state index in [1.165, 1.54) is 25.0 Å². The first-order valence-electron chi connectivity index (χ1n) is 8.42. The molecule has 2 N–H and O–H groups in total. The number of hydrogen-bond donors (Lipinski definition) is 2. The van der Waals surface area contributed by atoms with Crippen molar-refractivity contribution >= 4 is 23.3 Å². The van der Waals surface area contributed by atoms with Crippen LogP contribution in [0, 0.1) is 5.82 Å². The van der Waals surface area contributed by atoms with Crippen molar-refractivity contribution in [2.75, 3.05) is 25.0 Å². The van der Waals surface area contributed by atoms with Crippen molar-refractivity contribution in [2.24, 2.45) is 0 Å². The third-order valence-corrected chi connectivity index (χ3v) is 4.56. The molecule has 2 aromatic rings. The van der Waals surface area contributed by atoms with E-state index in [9.17, 15) is 9.18 Å². The standard InChI is InChI=1S/C19H21ClFN3O/c20-15-8-9-17(16(21)12-15)22-19(25)23-18(13-24-10-4-5-11-24)14-6-2-1-3-7-14/h1-3,6-9,12,18H,4-5,10-11,13H2,(H2,22,23,25).